The zero-order valence-corrected chi connectivity index (χ0v) is 9.52. The first-order chi connectivity index (χ1) is 8.08. The summed E-state index contributed by atoms with van der Waals surface area (Å²) in [5.41, 5.74) is 8.34. The quantitative estimate of drug-likeness (QED) is 0.818. The Bertz CT molecular complexity index is 562. The molecule has 17 heavy (non-hydrogen) atoms. The number of rotatable bonds is 2. The Balaban J connectivity index is 2.19. The third-order valence-corrected chi connectivity index (χ3v) is 2.49. The van der Waals surface area contributed by atoms with Crippen molar-refractivity contribution in [2.75, 3.05) is 11.1 Å². The first-order valence-electron chi connectivity index (χ1n) is 5.04. The molecular formula is C11H12N4O2. The number of hydrogen-bond acceptors (Lipinski definition) is 5. The van der Waals surface area contributed by atoms with Crippen LogP contribution in [-0.4, -0.2) is 16.2 Å². The summed E-state index contributed by atoms with van der Waals surface area (Å²) in [5.74, 6) is -0.460. The summed E-state index contributed by atoms with van der Waals surface area (Å²) < 4.78 is 4.36. The van der Waals surface area contributed by atoms with E-state index in [4.69, 9.17) is 5.73 Å². The van der Waals surface area contributed by atoms with Gasteiger partial charge in [0.25, 0.3) is 5.91 Å². The second-order valence-corrected chi connectivity index (χ2v) is 3.75. The molecule has 0 saturated heterocycles. The van der Waals surface area contributed by atoms with Crippen LogP contribution in [0.3, 0.4) is 0 Å². The minimum atomic E-state index is -0.438. The molecule has 1 aromatic heterocycles. The van der Waals surface area contributed by atoms with Gasteiger partial charge in [-0.3, -0.25) is 4.79 Å². The summed E-state index contributed by atoms with van der Waals surface area (Å²) in [7, 11) is 0. The monoisotopic (exact) mass is 232 g/mol. The van der Waals surface area contributed by atoms with Crippen LogP contribution in [0, 0.1) is 13.8 Å². The fourth-order valence-electron chi connectivity index (χ4n) is 1.36. The van der Waals surface area contributed by atoms with Gasteiger partial charge in [-0.15, -0.1) is 0 Å². The molecule has 0 aliphatic heterocycles. The number of benzene rings is 1. The molecule has 0 bridgehead atoms. The molecule has 88 valence electrons. The molecule has 6 heteroatoms. The van der Waals surface area contributed by atoms with Gasteiger partial charge < -0.3 is 11.1 Å². The molecule has 1 heterocycles. The number of nitrogens with zero attached hydrogens (tertiary/aromatic N) is 2. The largest absolute Gasteiger partial charge is 0.379 e. The highest BCUT2D eigenvalue weighted by molar-refractivity contribution is 6.05. The predicted octanol–water partition coefficient (Wildman–Crippen LogP) is 1.52. The van der Waals surface area contributed by atoms with E-state index in [2.05, 4.69) is 20.3 Å². The van der Waals surface area contributed by atoms with Crippen LogP contribution in [0.1, 0.15) is 21.6 Å². The maximum atomic E-state index is 11.7. The topological polar surface area (TPSA) is 94.0 Å². The normalized spacial score (nSPS) is 10.2. The van der Waals surface area contributed by atoms with Crippen molar-refractivity contribution in [3.05, 3.63) is 35.0 Å². The van der Waals surface area contributed by atoms with Crippen molar-refractivity contribution >= 4 is 17.4 Å². The van der Waals surface area contributed by atoms with E-state index in [0.717, 1.165) is 11.1 Å². The Morgan fingerprint density at radius 1 is 1.29 bits per heavy atom. The van der Waals surface area contributed by atoms with Gasteiger partial charge in [0, 0.05) is 5.69 Å². The van der Waals surface area contributed by atoms with Crippen LogP contribution in [-0.2, 0) is 0 Å². The van der Waals surface area contributed by atoms with Crippen molar-refractivity contribution in [1.29, 1.82) is 0 Å². The van der Waals surface area contributed by atoms with E-state index in [0.29, 0.717) is 5.69 Å². The molecule has 2 aromatic rings. The minimum Gasteiger partial charge on any atom is -0.379 e. The summed E-state index contributed by atoms with van der Waals surface area (Å²) in [5, 5.41) is 9.44. The Morgan fingerprint density at radius 3 is 2.65 bits per heavy atom. The lowest BCUT2D eigenvalue weighted by Gasteiger charge is -2.05. The van der Waals surface area contributed by atoms with Crippen LogP contribution in [0.25, 0.3) is 0 Å². The van der Waals surface area contributed by atoms with Gasteiger partial charge in [-0.1, -0.05) is 6.07 Å². The molecule has 1 amide bonds. The lowest BCUT2D eigenvalue weighted by Crippen LogP contribution is -2.14. The number of amides is 1. The number of aryl methyl sites for hydroxylation is 2. The van der Waals surface area contributed by atoms with Gasteiger partial charge in [-0.25, -0.2) is 4.63 Å². The molecule has 1 aromatic carbocycles. The zero-order chi connectivity index (χ0) is 12.4. The average Bonchev–Trinajstić information content (AvgIpc) is 2.70. The summed E-state index contributed by atoms with van der Waals surface area (Å²) in [4.78, 5) is 11.7. The van der Waals surface area contributed by atoms with E-state index in [-0.39, 0.29) is 11.5 Å². The molecular weight excluding hydrogens is 220 g/mol. The van der Waals surface area contributed by atoms with Gasteiger partial charge in [-0.2, -0.15) is 0 Å². The average molecular weight is 232 g/mol. The highest BCUT2D eigenvalue weighted by Gasteiger charge is 2.15. The second kappa shape index (κ2) is 4.25. The Kier molecular flexibility index (Phi) is 2.78. The van der Waals surface area contributed by atoms with Crippen molar-refractivity contribution < 1.29 is 9.42 Å². The molecule has 0 saturated carbocycles. The summed E-state index contributed by atoms with van der Waals surface area (Å²) in [6, 6.07) is 5.61. The summed E-state index contributed by atoms with van der Waals surface area (Å²) >= 11 is 0. The number of anilines is 2. The molecule has 0 aliphatic rings. The maximum Gasteiger partial charge on any atom is 0.281 e. The smallest absolute Gasteiger partial charge is 0.281 e. The van der Waals surface area contributed by atoms with Gasteiger partial charge >= 0.3 is 0 Å². The SMILES string of the molecule is Cc1ccc(NC(=O)c2nonc2N)cc1C. The van der Waals surface area contributed by atoms with E-state index in [1.54, 1.807) is 0 Å². The van der Waals surface area contributed by atoms with Crippen molar-refractivity contribution in [2.45, 2.75) is 13.8 Å². The number of carbonyl (C=O) groups excluding carboxylic acids is 1. The van der Waals surface area contributed by atoms with Gasteiger partial charge in [0.2, 0.25) is 11.5 Å². The van der Waals surface area contributed by atoms with Crippen LogP contribution in [0.5, 0.6) is 0 Å². The molecule has 6 nitrogen and oxygen atoms in total. The number of nitrogen functional groups attached to an aromatic ring is 1. The van der Waals surface area contributed by atoms with Gasteiger partial charge in [0.1, 0.15) is 0 Å². The van der Waals surface area contributed by atoms with Crippen LogP contribution in [0.15, 0.2) is 22.8 Å². The van der Waals surface area contributed by atoms with E-state index in [1.807, 2.05) is 32.0 Å². The van der Waals surface area contributed by atoms with Crippen LogP contribution in [0.4, 0.5) is 11.5 Å². The highest BCUT2D eigenvalue weighted by atomic mass is 16.6. The predicted molar refractivity (Wildman–Crippen MR) is 62.6 cm³/mol. The number of aromatic nitrogens is 2. The number of nitrogens with two attached hydrogens (primary N) is 1. The van der Waals surface area contributed by atoms with Crippen LogP contribution < -0.4 is 11.1 Å². The molecule has 0 spiro atoms. The third kappa shape index (κ3) is 2.25. The summed E-state index contributed by atoms with van der Waals surface area (Å²) in [6.45, 7) is 3.97. The van der Waals surface area contributed by atoms with E-state index < -0.39 is 5.91 Å². The number of nitrogens with one attached hydrogen (secondary N) is 1. The summed E-state index contributed by atoms with van der Waals surface area (Å²) in [6.07, 6.45) is 0. The third-order valence-electron chi connectivity index (χ3n) is 2.49. The number of hydrogen-bond donors (Lipinski definition) is 2. The molecule has 0 radical (unpaired) electrons. The van der Waals surface area contributed by atoms with E-state index >= 15 is 0 Å². The Hall–Kier alpha value is -2.37. The van der Waals surface area contributed by atoms with E-state index in [1.165, 1.54) is 0 Å². The van der Waals surface area contributed by atoms with Crippen LogP contribution in [0.2, 0.25) is 0 Å². The first-order valence-corrected chi connectivity index (χ1v) is 5.04. The highest BCUT2D eigenvalue weighted by Crippen LogP contribution is 2.15. The van der Waals surface area contributed by atoms with Gasteiger partial charge in [-0.05, 0) is 47.4 Å². The van der Waals surface area contributed by atoms with E-state index in [9.17, 15) is 4.79 Å². The van der Waals surface area contributed by atoms with Crippen molar-refractivity contribution in [2.24, 2.45) is 0 Å². The Labute approximate surface area is 97.8 Å². The van der Waals surface area contributed by atoms with Crippen LogP contribution >= 0.6 is 0 Å². The minimum absolute atomic E-state index is 0.0109. The standard InChI is InChI=1S/C11H12N4O2/c1-6-3-4-8(5-7(6)2)13-11(16)9-10(12)15-17-14-9/h3-5H,1-2H3,(H2,12,15)(H,13,16). The fraction of sp³-hybridized carbons (Fsp3) is 0.182. The molecule has 0 fully saturated rings. The lowest BCUT2D eigenvalue weighted by molar-refractivity contribution is 0.101. The molecule has 0 unspecified atom stereocenters. The molecule has 2 rings (SSSR count). The second-order valence-electron chi connectivity index (χ2n) is 3.75. The van der Waals surface area contributed by atoms with Crippen molar-refractivity contribution in [3.63, 3.8) is 0 Å². The zero-order valence-electron chi connectivity index (χ0n) is 9.52. The lowest BCUT2D eigenvalue weighted by atomic mass is 10.1. The molecule has 0 atom stereocenters. The van der Waals surface area contributed by atoms with Gasteiger partial charge in [0.15, 0.2) is 0 Å². The van der Waals surface area contributed by atoms with Gasteiger partial charge in [0.05, 0.1) is 0 Å². The molecule has 3 N–H and O–H groups in total. The Morgan fingerprint density at radius 2 is 2.06 bits per heavy atom. The fourth-order valence-corrected chi connectivity index (χ4v) is 1.36. The first kappa shape index (κ1) is 11.1. The van der Waals surface area contributed by atoms with Crippen molar-refractivity contribution in [3.8, 4) is 0 Å². The number of carbonyl (C=O) groups is 1. The maximum absolute atomic E-state index is 11.7. The van der Waals surface area contributed by atoms with Crippen molar-refractivity contribution in [1.82, 2.24) is 10.3 Å². The molecule has 0 aliphatic carbocycles.